The molecule has 0 saturated carbocycles. The minimum Gasteiger partial charge on any atom is -0.198 e. The van der Waals surface area contributed by atoms with E-state index in [1.807, 2.05) is 5.70 Å². The van der Waals surface area contributed by atoms with Crippen LogP contribution in [-0.2, 0) is 0 Å². The maximum atomic E-state index is 8.26. The highest BCUT2D eigenvalue weighted by Gasteiger charge is 2.13. The van der Waals surface area contributed by atoms with E-state index in [1.165, 1.54) is 0 Å². The zero-order valence-electron chi connectivity index (χ0n) is 6.15. The molecule has 9 heavy (non-hydrogen) atoms. The lowest BCUT2D eigenvalue weighted by molar-refractivity contribution is 1.17. The summed E-state index contributed by atoms with van der Waals surface area (Å²) < 4.78 is 0. The van der Waals surface area contributed by atoms with Crippen LogP contribution in [0.15, 0.2) is 12.3 Å². The minimum absolute atomic E-state index is 0.686. The van der Waals surface area contributed by atoms with Gasteiger partial charge in [0.05, 0.1) is 14.1 Å². The highest BCUT2D eigenvalue weighted by atomic mass is 28.3. The second kappa shape index (κ2) is 3.47. The largest absolute Gasteiger partial charge is 0.198 e. The van der Waals surface area contributed by atoms with Crippen LogP contribution in [0.25, 0.3) is 0 Å². The maximum Gasteiger partial charge on any atom is 0.0719 e. The first kappa shape index (κ1) is 8.45. The van der Waals surface area contributed by atoms with Gasteiger partial charge in [-0.2, -0.15) is 5.26 Å². The van der Waals surface area contributed by atoms with Gasteiger partial charge in [-0.25, -0.2) is 0 Å². The van der Waals surface area contributed by atoms with Gasteiger partial charge in [0.25, 0.3) is 0 Å². The van der Waals surface area contributed by atoms with Crippen molar-refractivity contribution in [3.05, 3.63) is 12.3 Å². The second-order valence-electron chi connectivity index (χ2n) is 2.85. The number of hydrogen-bond acceptors (Lipinski definition) is 1. The van der Waals surface area contributed by atoms with Crippen LogP contribution in [0.3, 0.4) is 0 Å². The van der Waals surface area contributed by atoms with Crippen molar-refractivity contribution in [2.75, 3.05) is 0 Å². The highest BCUT2D eigenvalue weighted by Crippen LogP contribution is 2.11. The van der Waals surface area contributed by atoms with Crippen molar-refractivity contribution >= 4 is 8.07 Å². The van der Waals surface area contributed by atoms with E-state index in [4.69, 9.17) is 5.26 Å². The molecule has 0 aliphatic rings. The monoisotopic (exact) mass is 139 g/mol. The molecule has 0 aliphatic carbocycles. The smallest absolute Gasteiger partial charge is 0.0719 e. The van der Waals surface area contributed by atoms with Crippen molar-refractivity contribution in [3.8, 4) is 6.07 Å². The number of nitriles is 1. The van der Waals surface area contributed by atoms with E-state index in [2.05, 4.69) is 25.7 Å². The first-order valence-electron chi connectivity index (χ1n) is 3.13. The fourth-order valence-electron chi connectivity index (χ4n) is 0.480. The number of rotatable bonds is 3. The molecule has 0 aliphatic heterocycles. The molecule has 0 unspecified atom stereocenters. The molecule has 0 spiro atoms. The van der Waals surface area contributed by atoms with Crippen molar-refractivity contribution in [2.24, 2.45) is 0 Å². The molecular formula is C7H13NSi. The van der Waals surface area contributed by atoms with Crippen LogP contribution in [-0.4, -0.2) is 8.07 Å². The molecule has 0 atom stereocenters. The average molecular weight is 139 g/mol. The zero-order valence-corrected chi connectivity index (χ0v) is 7.15. The highest BCUT2D eigenvalue weighted by molar-refractivity contribution is 6.82. The van der Waals surface area contributed by atoms with Gasteiger partial charge in [-0.3, -0.25) is 0 Å². The summed E-state index contributed by atoms with van der Waals surface area (Å²) in [5.74, 6) is 0. The summed E-state index contributed by atoms with van der Waals surface area (Å²) in [5, 5.41) is 8.26. The average Bonchev–Trinajstić information content (AvgIpc) is 1.84. The molecular weight excluding hydrogens is 126 g/mol. The topological polar surface area (TPSA) is 23.8 Å². The van der Waals surface area contributed by atoms with Crippen LogP contribution < -0.4 is 0 Å². The molecule has 0 rings (SSSR count). The molecule has 50 valence electrons. The lowest BCUT2D eigenvalue weighted by Crippen LogP contribution is -2.20. The molecule has 0 radical (unpaired) electrons. The number of hydrogen-bond donors (Lipinski definition) is 0. The summed E-state index contributed by atoms with van der Waals surface area (Å²) in [4.78, 5) is 0. The summed E-state index contributed by atoms with van der Waals surface area (Å²) in [5.41, 5.74) is 2.03. The van der Waals surface area contributed by atoms with Gasteiger partial charge in [-0.1, -0.05) is 13.1 Å². The van der Waals surface area contributed by atoms with E-state index in [0.717, 1.165) is 6.04 Å². The Morgan fingerprint density at radius 1 is 1.67 bits per heavy atom. The summed E-state index contributed by atoms with van der Waals surface area (Å²) in [6.45, 7) is 8.18. The van der Waals surface area contributed by atoms with Gasteiger partial charge in [0, 0.05) is 6.42 Å². The predicted molar refractivity (Wildman–Crippen MR) is 42.7 cm³/mol. The standard InChI is InChI=1S/C7H13NSi/c1-4-9(2,3)7-5-6-8/h4H,1,5,7H2,2-3H3. The molecule has 1 nitrogen and oxygen atoms in total. The Morgan fingerprint density at radius 3 is 2.56 bits per heavy atom. The molecule has 0 N–H and O–H groups in total. The molecule has 0 aromatic rings. The van der Waals surface area contributed by atoms with E-state index >= 15 is 0 Å². The predicted octanol–water partition coefficient (Wildman–Crippen LogP) is 2.33. The van der Waals surface area contributed by atoms with Crippen LogP contribution in [0, 0.1) is 11.3 Å². The van der Waals surface area contributed by atoms with Crippen molar-refractivity contribution in [1.29, 1.82) is 5.26 Å². The van der Waals surface area contributed by atoms with Gasteiger partial charge in [0.2, 0.25) is 0 Å². The van der Waals surface area contributed by atoms with E-state index in [9.17, 15) is 0 Å². The third kappa shape index (κ3) is 3.98. The molecule has 0 aromatic carbocycles. The van der Waals surface area contributed by atoms with Gasteiger partial charge < -0.3 is 0 Å². The Morgan fingerprint density at radius 2 is 2.22 bits per heavy atom. The Bertz CT molecular complexity index is 132. The van der Waals surface area contributed by atoms with Crippen molar-refractivity contribution < 1.29 is 0 Å². The molecule has 0 fully saturated rings. The van der Waals surface area contributed by atoms with Crippen molar-refractivity contribution in [1.82, 2.24) is 0 Å². The normalized spacial score (nSPS) is 10.3. The van der Waals surface area contributed by atoms with Crippen molar-refractivity contribution in [2.45, 2.75) is 25.6 Å². The summed E-state index contributed by atoms with van der Waals surface area (Å²) >= 11 is 0. The van der Waals surface area contributed by atoms with E-state index in [1.54, 1.807) is 0 Å². The van der Waals surface area contributed by atoms with Gasteiger partial charge in [0.1, 0.15) is 0 Å². The first-order valence-corrected chi connectivity index (χ1v) is 6.41. The van der Waals surface area contributed by atoms with Crippen LogP contribution >= 0.6 is 0 Å². The van der Waals surface area contributed by atoms with E-state index in [-0.39, 0.29) is 0 Å². The third-order valence-electron chi connectivity index (χ3n) is 1.43. The maximum absolute atomic E-state index is 8.26. The molecule has 0 aromatic heterocycles. The Labute approximate surface area is 58.0 Å². The lowest BCUT2D eigenvalue weighted by atomic mass is 10.6. The first-order chi connectivity index (χ1) is 4.12. The molecule has 0 saturated heterocycles. The van der Waals surface area contributed by atoms with Crippen molar-refractivity contribution in [3.63, 3.8) is 0 Å². The zero-order chi connectivity index (χ0) is 7.33. The summed E-state index contributed by atoms with van der Waals surface area (Å²) in [7, 11) is -1.16. The molecule has 2 heteroatoms. The Hall–Kier alpha value is -0.553. The van der Waals surface area contributed by atoms with Crippen LogP contribution in [0.5, 0.6) is 0 Å². The van der Waals surface area contributed by atoms with Crippen LogP contribution in [0.2, 0.25) is 19.1 Å². The fourth-order valence-corrected chi connectivity index (χ4v) is 1.44. The lowest BCUT2D eigenvalue weighted by Gasteiger charge is -2.13. The van der Waals surface area contributed by atoms with Gasteiger partial charge in [-0.05, 0) is 6.04 Å². The Kier molecular flexibility index (Phi) is 3.26. The van der Waals surface area contributed by atoms with Gasteiger partial charge in [-0.15, -0.1) is 12.3 Å². The van der Waals surface area contributed by atoms with Crippen LogP contribution in [0.4, 0.5) is 0 Å². The summed E-state index contributed by atoms with van der Waals surface area (Å²) in [6.07, 6.45) is 0.686. The summed E-state index contributed by atoms with van der Waals surface area (Å²) in [6, 6.07) is 3.19. The third-order valence-corrected chi connectivity index (χ3v) is 4.08. The van der Waals surface area contributed by atoms with E-state index < -0.39 is 8.07 Å². The van der Waals surface area contributed by atoms with E-state index in [0.29, 0.717) is 6.42 Å². The molecule has 0 heterocycles. The number of nitrogens with zero attached hydrogens (tertiary/aromatic N) is 1. The van der Waals surface area contributed by atoms with Gasteiger partial charge >= 0.3 is 0 Å². The molecule has 0 amide bonds. The van der Waals surface area contributed by atoms with Crippen LogP contribution in [0.1, 0.15) is 6.42 Å². The Balaban J connectivity index is 3.61. The van der Waals surface area contributed by atoms with Gasteiger partial charge in [0.15, 0.2) is 0 Å². The minimum atomic E-state index is -1.16. The molecule has 0 bridgehead atoms. The quantitative estimate of drug-likeness (QED) is 0.550. The SMILES string of the molecule is C=C[Si](C)(C)CCC#N. The second-order valence-corrected chi connectivity index (χ2v) is 7.74. The fraction of sp³-hybridized carbons (Fsp3) is 0.571.